The Balaban J connectivity index is 1.41. The van der Waals surface area contributed by atoms with Gasteiger partial charge in [-0.2, -0.15) is 0 Å². The van der Waals surface area contributed by atoms with E-state index in [1.807, 2.05) is 17.6 Å². The van der Waals surface area contributed by atoms with Crippen molar-refractivity contribution in [3.8, 4) is 0 Å². The number of carbonyl (C=O) groups excluding carboxylic acids is 2. The Bertz CT molecular complexity index is 1230. The summed E-state index contributed by atoms with van der Waals surface area (Å²) in [7, 11) is 0. The summed E-state index contributed by atoms with van der Waals surface area (Å²) >= 11 is 1.07. The van der Waals surface area contributed by atoms with Crippen LogP contribution in [-0.2, 0) is 9.59 Å². The Morgan fingerprint density at radius 2 is 1.60 bits per heavy atom. The molecule has 0 bridgehead atoms. The van der Waals surface area contributed by atoms with E-state index >= 15 is 0 Å². The Labute approximate surface area is 194 Å². The van der Waals surface area contributed by atoms with E-state index in [9.17, 15) is 9.59 Å². The third kappa shape index (κ3) is 2.94. The van der Waals surface area contributed by atoms with Crippen molar-refractivity contribution in [1.82, 2.24) is 0 Å². The summed E-state index contributed by atoms with van der Waals surface area (Å²) in [6, 6.07) is 21.6. The van der Waals surface area contributed by atoms with Crippen LogP contribution in [0.2, 0.25) is 0 Å². The average Bonchev–Trinajstić information content (AvgIpc) is 3.48. The molecule has 3 aliphatic rings. The van der Waals surface area contributed by atoms with Gasteiger partial charge < -0.3 is 0 Å². The van der Waals surface area contributed by atoms with Crippen LogP contribution in [0.5, 0.6) is 0 Å². The van der Waals surface area contributed by atoms with Gasteiger partial charge in [0.25, 0.3) is 0 Å². The summed E-state index contributed by atoms with van der Waals surface area (Å²) in [5.74, 6) is -0.269. The maximum absolute atomic E-state index is 12.7. The molecule has 0 N–H and O–H groups in total. The van der Waals surface area contributed by atoms with Crippen molar-refractivity contribution in [2.24, 2.45) is 5.92 Å². The van der Waals surface area contributed by atoms with Gasteiger partial charge in [0.05, 0.1) is 0 Å². The van der Waals surface area contributed by atoms with Crippen molar-refractivity contribution < 1.29 is 9.59 Å². The topological polar surface area (TPSA) is 37.4 Å². The number of carbonyl (C=O) groups is 2. The molecule has 1 aromatic heterocycles. The molecule has 3 heterocycles. The minimum atomic E-state index is -0.708. The number of hydrogen-bond acceptors (Lipinski definition) is 4. The molecule has 2 unspecified atom stereocenters. The normalized spacial score (nSPS) is 23.1. The molecule has 2 atom stereocenters. The van der Waals surface area contributed by atoms with Gasteiger partial charge in [0.1, 0.15) is 0 Å². The van der Waals surface area contributed by atoms with Gasteiger partial charge in [0, 0.05) is 0 Å². The quantitative estimate of drug-likeness (QED) is 0.205. The zero-order valence-electron chi connectivity index (χ0n) is 15.6. The van der Waals surface area contributed by atoms with Crippen LogP contribution in [-0.4, -0.2) is 52.2 Å². The number of thioether (sulfide) groups is 1. The molecular weight excluding hydrogens is 573 g/mol. The van der Waals surface area contributed by atoms with Crippen molar-refractivity contribution in [3.05, 3.63) is 81.3 Å². The second kappa shape index (κ2) is 7.41. The Hall–Kier alpha value is -1.80. The van der Waals surface area contributed by atoms with Gasteiger partial charge >= 0.3 is 196 Å². The number of rotatable bonds is 2. The van der Waals surface area contributed by atoms with Gasteiger partial charge in [-0.1, -0.05) is 0 Å². The van der Waals surface area contributed by atoms with E-state index in [1.54, 1.807) is 0 Å². The molecule has 2 aliphatic heterocycles. The van der Waals surface area contributed by atoms with Crippen LogP contribution in [0.25, 0.3) is 6.08 Å². The van der Waals surface area contributed by atoms with E-state index in [2.05, 4.69) is 65.6 Å². The number of allylic oxidation sites excluding steroid dienone is 2. The Kier molecular flexibility index (Phi) is 4.67. The SMILES string of the molecule is O=C1/C(=C\c2ccc(N3c4ccccc4[Se]c4ccccc43)[te]2)C(=O)C2SC=CC12. The molecule has 3 aromatic rings. The fourth-order valence-corrected chi connectivity index (χ4v) is 10.1. The van der Waals surface area contributed by atoms with Gasteiger partial charge in [0.15, 0.2) is 0 Å². The molecule has 3 nitrogen and oxygen atoms in total. The molecule has 30 heavy (non-hydrogen) atoms. The number of ketones is 2. The van der Waals surface area contributed by atoms with Crippen molar-refractivity contribution in [2.75, 3.05) is 4.90 Å². The summed E-state index contributed by atoms with van der Waals surface area (Å²) in [6.45, 7) is 0. The zero-order chi connectivity index (χ0) is 20.2. The fourth-order valence-electron chi connectivity index (χ4n) is 4.07. The molecule has 6 rings (SSSR count). The first-order chi connectivity index (χ1) is 14.7. The van der Waals surface area contributed by atoms with E-state index in [1.165, 1.54) is 35.8 Å². The van der Waals surface area contributed by atoms with Crippen molar-refractivity contribution in [2.45, 2.75) is 5.25 Å². The maximum atomic E-state index is 12.7. The van der Waals surface area contributed by atoms with Gasteiger partial charge in [-0.25, -0.2) is 0 Å². The van der Waals surface area contributed by atoms with Gasteiger partial charge in [-0.3, -0.25) is 0 Å². The number of Topliss-reactive ketones (excluding diaryl/α,β-unsaturated/α-hetero) is 2. The summed E-state index contributed by atoms with van der Waals surface area (Å²) in [6.07, 6.45) is 3.76. The number of anilines is 3. The van der Waals surface area contributed by atoms with Crippen LogP contribution in [0.3, 0.4) is 0 Å². The Morgan fingerprint density at radius 1 is 0.900 bits per heavy atom. The van der Waals surface area contributed by atoms with Gasteiger partial charge in [-0.05, 0) is 0 Å². The Morgan fingerprint density at radius 3 is 2.30 bits per heavy atom. The van der Waals surface area contributed by atoms with E-state index in [0.717, 1.165) is 3.58 Å². The number of hydrogen-bond donors (Lipinski definition) is 0. The number of nitrogens with zero attached hydrogens (tertiary/aromatic N) is 1. The van der Waals surface area contributed by atoms with Crippen molar-refractivity contribution >= 4 is 88.8 Å². The van der Waals surface area contributed by atoms with Crippen LogP contribution in [0.4, 0.5) is 15.1 Å². The molecule has 1 aliphatic carbocycles. The monoisotopic (exact) mass is 591 g/mol. The molecule has 0 spiro atoms. The van der Waals surface area contributed by atoms with Gasteiger partial charge in [-0.15, -0.1) is 0 Å². The van der Waals surface area contributed by atoms with Crippen LogP contribution in [0.1, 0.15) is 3.58 Å². The summed E-state index contributed by atoms with van der Waals surface area (Å²) in [5.41, 5.74) is 2.92. The predicted molar refractivity (Wildman–Crippen MR) is 125 cm³/mol. The van der Waals surface area contributed by atoms with E-state index in [4.69, 9.17) is 0 Å². The standard InChI is InChI=1S/C24H15NO2SSeTe/c26-22-15-11-12-28-24(15)23(27)16(22)13-14-9-10-21(30-14)25-17-5-1-3-7-19(17)29-20-8-4-2-6-18(20)25/h1-13,15,24H/b16-13+. The van der Waals surface area contributed by atoms with Crippen LogP contribution in [0.15, 0.2) is 77.7 Å². The van der Waals surface area contributed by atoms with Crippen molar-refractivity contribution in [3.63, 3.8) is 0 Å². The van der Waals surface area contributed by atoms with E-state index in [-0.39, 0.29) is 22.7 Å². The molecular formula is C24H15NO2SSeTe. The number of para-hydroxylation sites is 2. The first-order valence-corrected chi connectivity index (χ1v) is 14.6. The number of fused-ring (bicyclic) bond motifs is 3. The molecule has 0 amide bonds. The van der Waals surface area contributed by atoms with Crippen LogP contribution < -0.4 is 13.8 Å². The van der Waals surface area contributed by atoms with Crippen LogP contribution >= 0.6 is 11.8 Å². The zero-order valence-corrected chi connectivity index (χ0v) is 20.5. The summed E-state index contributed by atoms with van der Waals surface area (Å²) in [4.78, 5) is 27.8. The second-order valence-corrected chi connectivity index (χ2v) is 13.7. The molecule has 146 valence electrons. The summed E-state index contributed by atoms with van der Waals surface area (Å²) < 4.78 is 5.23. The van der Waals surface area contributed by atoms with E-state index < -0.39 is 20.4 Å². The minimum absolute atomic E-state index is 0.00169. The first kappa shape index (κ1) is 18.9. The fraction of sp³-hybridized carbons (Fsp3) is 0.0833. The average molecular weight is 588 g/mol. The molecule has 0 saturated heterocycles. The molecule has 2 aromatic carbocycles. The molecule has 1 saturated carbocycles. The number of benzene rings is 2. The van der Waals surface area contributed by atoms with E-state index in [0.29, 0.717) is 20.5 Å². The molecule has 0 radical (unpaired) electrons. The predicted octanol–water partition coefficient (Wildman–Crippen LogP) is 2.96. The molecule has 1 fully saturated rings. The summed E-state index contributed by atoms with van der Waals surface area (Å²) in [5, 5.41) is 1.65. The van der Waals surface area contributed by atoms with Crippen molar-refractivity contribution in [1.29, 1.82) is 0 Å². The second-order valence-electron chi connectivity index (χ2n) is 7.25. The van der Waals surface area contributed by atoms with Gasteiger partial charge in [0.2, 0.25) is 0 Å². The first-order valence-electron chi connectivity index (χ1n) is 9.59. The third-order valence-electron chi connectivity index (χ3n) is 5.48. The molecule has 6 heteroatoms. The van der Waals surface area contributed by atoms with Crippen LogP contribution in [0, 0.1) is 5.92 Å². The third-order valence-corrected chi connectivity index (χ3v) is 11.9.